The lowest BCUT2D eigenvalue weighted by atomic mass is 10.1. The molecule has 0 amide bonds. The van der Waals surface area contributed by atoms with E-state index in [1.54, 1.807) is 18.2 Å². The number of carboxylic acids is 1. The normalized spacial score (nSPS) is 10.9. The SMILES string of the molecule is O=C(O)COc1c(Cl)cc2c(-c3ccccc3F)noc2c1Cl. The molecule has 0 aliphatic carbocycles. The summed E-state index contributed by atoms with van der Waals surface area (Å²) in [5, 5.41) is 12.9. The van der Waals surface area contributed by atoms with Crippen LogP contribution >= 0.6 is 23.2 Å². The zero-order valence-electron chi connectivity index (χ0n) is 11.3. The molecule has 0 saturated carbocycles. The summed E-state index contributed by atoms with van der Waals surface area (Å²) in [6.07, 6.45) is 0. The van der Waals surface area contributed by atoms with Crippen molar-refractivity contribution >= 4 is 40.1 Å². The lowest BCUT2D eigenvalue weighted by Gasteiger charge is -2.08. The molecule has 3 rings (SSSR count). The molecule has 1 heterocycles. The molecular formula is C15H8Cl2FNO4. The van der Waals surface area contributed by atoms with Crippen molar-refractivity contribution in [2.24, 2.45) is 0 Å². The molecule has 0 atom stereocenters. The zero-order chi connectivity index (χ0) is 16.6. The van der Waals surface area contributed by atoms with Gasteiger partial charge in [-0.25, -0.2) is 9.18 Å². The first-order chi connectivity index (χ1) is 11.0. The lowest BCUT2D eigenvalue weighted by Crippen LogP contribution is -2.09. The third-order valence-corrected chi connectivity index (χ3v) is 3.71. The Hall–Kier alpha value is -2.31. The van der Waals surface area contributed by atoms with Crippen LogP contribution in [0.2, 0.25) is 10.0 Å². The topological polar surface area (TPSA) is 72.6 Å². The predicted octanol–water partition coefficient (Wildman–Crippen LogP) is 4.40. The Morgan fingerprint density at radius 1 is 1.35 bits per heavy atom. The molecule has 1 N–H and O–H groups in total. The predicted molar refractivity (Wildman–Crippen MR) is 82.6 cm³/mol. The second-order valence-electron chi connectivity index (χ2n) is 4.57. The zero-order valence-corrected chi connectivity index (χ0v) is 12.9. The Balaban J connectivity index is 2.16. The van der Waals surface area contributed by atoms with Crippen LogP contribution in [-0.2, 0) is 4.79 Å². The first kappa shape index (κ1) is 15.6. The van der Waals surface area contributed by atoms with Gasteiger partial charge in [-0.05, 0) is 18.2 Å². The molecule has 0 spiro atoms. The second kappa shape index (κ2) is 6.06. The van der Waals surface area contributed by atoms with Crippen LogP contribution in [0.1, 0.15) is 0 Å². The number of benzene rings is 2. The lowest BCUT2D eigenvalue weighted by molar-refractivity contribution is -0.139. The average molecular weight is 356 g/mol. The molecule has 23 heavy (non-hydrogen) atoms. The minimum Gasteiger partial charge on any atom is -0.479 e. The maximum Gasteiger partial charge on any atom is 0.341 e. The largest absolute Gasteiger partial charge is 0.479 e. The molecule has 8 heteroatoms. The summed E-state index contributed by atoms with van der Waals surface area (Å²) < 4.78 is 24.1. The van der Waals surface area contributed by atoms with Crippen LogP contribution < -0.4 is 4.74 Å². The summed E-state index contributed by atoms with van der Waals surface area (Å²) in [6.45, 7) is -0.612. The van der Waals surface area contributed by atoms with Crippen LogP contribution in [0.5, 0.6) is 5.75 Å². The minimum absolute atomic E-state index is 0.0242. The number of rotatable bonds is 4. The van der Waals surface area contributed by atoms with Crippen LogP contribution in [0.4, 0.5) is 4.39 Å². The molecule has 5 nitrogen and oxygen atoms in total. The molecule has 0 aliphatic heterocycles. The minimum atomic E-state index is -1.18. The van der Waals surface area contributed by atoms with Gasteiger partial charge < -0.3 is 14.4 Å². The maximum absolute atomic E-state index is 13.9. The van der Waals surface area contributed by atoms with Gasteiger partial charge in [0.2, 0.25) is 0 Å². The standard InChI is InChI=1S/C15H8Cl2FNO4/c16-9-5-8-13(7-3-1-2-4-10(7)18)19-23-14(8)12(17)15(9)22-6-11(20)21/h1-5H,6H2,(H,20,21). The number of halogens is 3. The molecule has 0 radical (unpaired) electrons. The molecule has 0 fully saturated rings. The number of hydrogen-bond acceptors (Lipinski definition) is 4. The summed E-state index contributed by atoms with van der Waals surface area (Å²) in [5.41, 5.74) is 0.610. The van der Waals surface area contributed by atoms with E-state index in [1.807, 2.05) is 0 Å². The van der Waals surface area contributed by atoms with Crippen molar-refractivity contribution in [2.45, 2.75) is 0 Å². The van der Waals surface area contributed by atoms with Gasteiger partial charge in [0.1, 0.15) is 16.5 Å². The summed E-state index contributed by atoms with van der Waals surface area (Å²) in [7, 11) is 0. The van der Waals surface area contributed by atoms with Crippen molar-refractivity contribution in [2.75, 3.05) is 6.61 Å². The van der Waals surface area contributed by atoms with Gasteiger partial charge in [-0.15, -0.1) is 0 Å². The van der Waals surface area contributed by atoms with Crippen LogP contribution in [0.25, 0.3) is 22.2 Å². The summed E-state index contributed by atoms with van der Waals surface area (Å²) >= 11 is 12.2. The third-order valence-electron chi connectivity index (χ3n) is 3.08. The molecule has 1 aromatic heterocycles. The molecule has 0 aliphatic rings. The Kier molecular flexibility index (Phi) is 4.11. The van der Waals surface area contributed by atoms with E-state index in [9.17, 15) is 9.18 Å². The molecule has 2 aromatic carbocycles. The fourth-order valence-corrected chi connectivity index (χ4v) is 2.70. The van der Waals surface area contributed by atoms with E-state index < -0.39 is 18.4 Å². The smallest absolute Gasteiger partial charge is 0.341 e. The monoisotopic (exact) mass is 355 g/mol. The van der Waals surface area contributed by atoms with Gasteiger partial charge in [-0.3, -0.25) is 0 Å². The van der Waals surface area contributed by atoms with Crippen LogP contribution in [-0.4, -0.2) is 22.8 Å². The van der Waals surface area contributed by atoms with Gasteiger partial charge in [-0.2, -0.15) is 0 Å². The Morgan fingerprint density at radius 3 is 2.78 bits per heavy atom. The summed E-state index contributed by atoms with van der Waals surface area (Å²) in [6, 6.07) is 7.50. The van der Waals surface area contributed by atoms with E-state index >= 15 is 0 Å². The highest BCUT2D eigenvalue weighted by Gasteiger charge is 2.21. The van der Waals surface area contributed by atoms with Gasteiger partial charge in [-0.1, -0.05) is 40.5 Å². The van der Waals surface area contributed by atoms with Crippen molar-refractivity contribution in [1.82, 2.24) is 5.16 Å². The number of hydrogen-bond donors (Lipinski definition) is 1. The Morgan fingerprint density at radius 2 is 2.09 bits per heavy atom. The van der Waals surface area contributed by atoms with E-state index in [-0.39, 0.29) is 32.6 Å². The number of fused-ring (bicyclic) bond motifs is 1. The van der Waals surface area contributed by atoms with E-state index in [0.717, 1.165) is 0 Å². The van der Waals surface area contributed by atoms with Gasteiger partial charge in [0.15, 0.2) is 17.9 Å². The molecular weight excluding hydrogens is 348 g/mol. The Labute approximate surface area is 139 Å². The van der Waals surface area contributed by atoms with E-state index in [1.165, 1.54) is 12.1 Å². The van der Waals surface area contributed by atoms with Crippen molar-refractivity contribution in [3.05, 3.63) is 46.2 Å². The number of ether oxygens (including phenoxy) is 1. The first-order valence-electron chi connectivity index (χ1n) is 6.36. The van der Waals surface area contributed by atoms with Gasteiger partial charge >= 0.3 is 5.97 Å². The van der Waals surface area contributed by atoms with Crippen LogP contribution in [0.15, 0.2) is 34.9 Å². The van der Waals surface area contributed by atoms with Crippen molar-refractivity contribution in [3.63, 3.8) is 0 Å². The van der Waals surface area contributed by atoms with Crippen molar-refractivity contribution < 1.29 is 23.6 Å². The number of carbonyl (C=O) groups is 1. The Bertz CT molecular complexity index is 910. The summed E-state index contributed by atoms with van der Waals surface area (Å²) in [4.78, 5) is 10.6. The molecule has 0 unspecified atom stereocenters. The molecule has 0 bridgehead atoms. The van der Waals surface area contributed by atoms with E-state index in [4.69, 9.17) is 37.6 Å². The summed E-state index contributed by atoms with van der Waals surface area (Å²) in [5.74, 6) is -1.68. The number of aromatic nitrogens is 1. The number of aliphatic carboxylic acids is 1. The van der Waals surface area contributed by atoms with E-state index in [2.05, 4.69) is 5.16 Å². The van der Waals surface area contributed by atoms with E-state index in [0.29, 0.717) is 5.39 Å². The number of nitrogens with zero attached hydrogens (tertiary/aromatic N) is 1. The highest BCUT2D eigenvalue weighted by atomic mass is 35.5. The van der Waals surface area contributed by atoms with Crippen molar-refractivity contribution in [1.29, 1.82) is 0 Å². The molecule has 118 valence electrons. The highest BCUT2D eigenvalue weighted by Crippen LogP contribution is 2.42. The second-order valence-corrected chi connectivity index (χ2v) is 5.36. The fourth-order valence-electron chi connectivity index (χ4n) is 2.10. The molecule has 0 saturated heterocycles. The van der Waals surface area contributed by atoms with Gasteiger partial charge in [0.25, 0.3) is 0 Å². The van der Waals surface area contributed by atoms with Gasteiger partial charge in [0, 0.05) is 5.56 Å². The van der Waals surface area contributed by atoms with Gasteiger partial charge in [0.05, 0.1) is 10.4 Å². The fraction of sp³-hybridized carbons (Fsp3) is 0.0667. The van der Waals surface area contributed by atoms with Crippen LogP contribution in [0.3, 0.4) is 0 Å². The first-order valence-corrected chi connectivity index (χ1v) is 7.11. The third kappa shape index (κ3) is 2.83. The average Bonchev–Trinajstić information content (AvgIpc) is 2.91. The van der Waals surface area contributed by atoms with Crippen molar-refractivity contribution in [3.8, 4) is 17.0 Å². The quantitative estimate of drug-likeness (QED) is 0.750. The highest BCUT2D eigenvalue weighted by molar-refractivity contribution is 6.41. The molecule has 3 aromatic rings. The number of carboxylic acid groups (broad SMARTS) is 1. The van der Waals surface area contributed by atoms with Crippen LogP contribution in [0, 0.1) is 5.82 Å². The maximum atomic E-state index is 13.9.